The van der Waals surface area contributed by atoms with Crippen LogP contribution in [0.5, 0.6) is 0 Å². The Morgan fingerprint density at radius 2 is 1.71 bits per heavy atom. The van der Waals surface area contributed by atoms with Gasteiger partial charge in [0, 0.05) is 41.8 Å². The lowest BCUT2D eigenvalue weighted by Crippen LogP contribution is -2.55. The lowest BCUT2D eigenvalue weighted by molar-refractivity contribution is -0.189. The predicted molar refractivity (Wildman–Crippen MR) is 153 cm³/mol. The van der Waals surface area contributed by atoms with E-state index in [-0.39, 0.29) is 42.4 Å². The van der Waals surface area contributed by atoms with E-state index in [0.29, 0.717) is 27.9 Å². The van der Waals surface area contributed by atoms with E-state index in [1.54, 1.807) is 47.4 Å². The van der Waals surface area contributed by atoms with Crippen molar-refractivity contribution in [3.63, 3.8) is 0 Å². The van der Waals surface area contributed by atoms with Crippen molar-refractivity contribution in [1.82, 2.24) is 14.8 Å². The molecule has 10 heteroatoms. The monoisotopic (exact) mass is 599 g/mol. The van der Waals surface area contributed by atoms with Crippen LogP contribution < -0.4 is 0 Å². The van der Waals surface area contributed by atoms with E-state index in [1.807, 2.05) is 30.3 Å². The minimum atomic E-state index is -5.05. The molecule has 3 aromatic carbocycles. The Hall–Kier alpha value is -3.62. The number of rotatable bonds is 6. The predicted octanol–water partition coefficient (Wildman–Crippen LogP) is 7.35. The molecule has 5 nitrogen and oxygen atoms in total. The van der Waals surface area contributed by atoms with E-state index in [4.69, 9.17) is 23.2 Å². The molecule has 4 aromatic rings. The van der Waals surface area contributed by atoms with Gasteiger partial charge in [-0.15, -0.1) is 0 Å². The number of alkyl halides is 3. The average Bonchev–Trinajstić information content (AvgIpc) is 2.95. The molecule has 2 amide bonds. The summed E-state index contributed by atoms with van der Waals surface area (Å²) in [6.45, 7) is -0.0836. The van der Waals surface area contributed by atoms with Gasteiger partial charge in [0.25, 0.3) is 5.91 Å². The van der Waals surface area contributed by atoms with Gasteiger partial charge in [0.05, 0.1) is 16.1 Å². The highest BCUT2D eigenvalue weighted by molar-refractivity contribution is 6.36. The highest BCUT2D eigenvalue weighted by Crippen LogP contribution is 2.33. The first kappa shape index (κ1) is 28.9. The second kappa shape index (κ2) is 12.1. The van der Waals surface area contributed by atoms with Crippen molar-refractivity contribution in [1.29, 1.82) is 0 Å². The zero-order chi connectivity index (χ0) is 29.1. The van der Waals surface area contributed by atoms with Crippen LogP contribution in [0, 0.1) is 0 Å². The molecule has 0 unspecified atom stereocenters. The number of piperidine rings is 1. The fraction of sp³-hybridized carbons (Fsp3) is 0.258. The molecule has 1 aliphatic heterocycles. The largest absolute Gasteiger partial charge is 0.471 e. The minimum absolute atomic E-state index is 0.151. The number of likely N-dealkylation sites (tertiary alicyclic amines) is 1. The zero-order valence-corrected chi connectivity index (χ0v) is 23.3. The first-order valence-corrected chi connectivity index (χ1v) is 13.9. The van der Waals surface area contributed by atoms with E-state index >= 15 is 0 Å². The number of para-hydroxylation sites is 1. The smallest absolute Gasteiger partial charge is 0.335 e. The van der Waals surface area contributed by atoms with Crippen molar-refractivity contribution in [3.05, 3.63) is 112 Å². The number of amides is 2. The molecule has 2 heterocycles. The standard InChI is InChI=1S/C31H26Cl2F3N3O2/c32-22-10-11-26(27(33)17-22)29(40)38-15-13-23(18-24(38)16-20-6-2-1-3-7-20)39(30(41)31(34,35)36)19-21-12-14-37-28-9-5-4-8-25(21)28/h1-12,14,17,23-24H,13,15-16,18-19H2/t23-,24+/m0/s1. The van der Waals surface area contributed by atoms with Crippen LogP contribution in [0.1, 0.15) is 34.3 Å². The number of hydrogen-bond acceptors (Lipinski definition) is 3. The molecule has 41 heavy (non-hydrogen) atoms. The summed E-state index contributed by atoms with van der Waals surface area (Å²) in [6.07, 6.45) is -2.78. The van der Waals surface area contributed by atoms with Gasteiger partial charge < -0.3 is 9.80 Å². The maximum absolute atomic E-state index is 13.9. The zero-order valence-electron chi connectivity index (χ0n) is 21.8. The van der Waals surface area contributed by atoms with Crippen LogP contribution >= 0.6 is 23.2 Å². The maximum atomic E-state index is 13.9. The molecule has 212 valence electrons. The van der Waals surface area contributed by atoms with Gasteiger partial charge in [-0.1, -0.05) is 71.7 Å². The Balaban J connectivity index is 1.48. The van der Waals surface area contributed by atoms with Gasteiger partial charge in [0.15, 0.2) is 0 Å². The molecule has 2 atom stereocenters. The van der Waals surface area contributed by atoms with Crippen LogP contribution in [0.4, 0.5) is 13.2 Å². The van der Waals surface area contributed by atoms with Gasteiger partial charge in [-0.25, -0.2) is 0 Å². The normalized spacial score (nSPS) is 17.4. The summed E-state index contributed by atoms with van der Waals surface area (Å²) in [5, 5.41) is 1.26. The summed E-state index contributed by atoms with van der Waals surface area (Å²) in [7, 11) is 0. The summed E-state index contributed by atoms with van der Waals surface area (Å²) in [5.74, 6) is -2.23. The molecular weight excluding hydrogens is 574 g/mol. The third kappa shape index (κ3) is 6.49. The molecule has 0 N–H and O–H groups in total. The van der Waals surface area contributed by atoms with Crippen LogP contribution in [0.3, 0.4) is 0 Å². The second-order valence-corrected chi connectivity index (χ2v) is 10.9. The van der Waals surface area contributed by atoms with Crippen LogP contribution in [-0.2, 0) is 17.8 Å². The van der Waals surface area contributed by atoms with Crippen molar-refractivity contribution in [2.75, 3.05) is 6.54 Å². The van der Waals surface area contributed by atoms with Crippen LogP contribution in [0.15, 0.2) is 85.1 Å². The summed E-state index contributed by atoms with van der Waals surface area (Å²) in [6, 6.07) is 21.6. The number of fused-ring (bicyclic) bond motifs is 1. The lowest BCUT2D eigenvalue weighted by Gasteiger charge is -2.44. The Morgan fingerprint density at radius 1 is 0.976 bits per heavy atom. The number of nitrogens with zero attached hydrogens (tertiary/aromatic N) is 3. The number of halogens is 5. The van der Waals surface area contributed by atoms with Gasteiger partial charge in [0.2, 0.25) is 0 Å². The van der Waals surface area contributed by atoms with Crippen LogP contribution in [-0.4, -0.2) is 51.4 Å². The Morgan fingerprint density at radius 3 is 2.44 bits per heavy atom. The maximum Gasteiger partial charge on any atom is 0.471 e. The Bertz CT molecular complexity index is 1560. The first-order valence-electron chi connectivity index (χ1n) is 13.1. The molecular formula is C31H26Cl2F3N3O2. The summed E-state index contributed by atoms with van der Waals surface area (Å²) in [5.41, 5.74) is 2.39. The van der Waals surface area contributed by atoms with E-state index in [1.165, 1.54) is 12.3 Å². The topological polar surface area (TPSA) is 53.5 Å². The van der Waals surface area contributed by atoms with Crippen LogP contribution in [0.25, 0.3) is 10.9 Å². The number of carbonyl (C=O) groups excluding carboxylic acids is 2. The summed E-state index contributed by atoms with van der Waals surface area (Å²) < 4.78 is 41.8. The number of aromatic nitrogens is 1. The van der Waals surface area contributed by atoms with Crippen molar-refractivity contribution < 1.29 is 22.8 Å². The quantitative estimate of drug-likeness (QED) is 0.233. The number of hydrogen-bond donors (Lipinski definition) is 0. The number of carbonyl (C=O) groups is 2. The Kier molecular flexibility index (Phi) is 8.52. The summed E-state index contributed by atoms with van der Waals surface area (Å²) in [4.78, 5) is 33.4. The van der Waals surface area contributed by atoms with E-state index in [9.17, 15) is 22.8 Å². The number of pyridine rings is 1. The lowest BCUT2D eigenvalue weighted by atomic mass is 9.90. The third-order valence-corrected chi connectivity index (χ3v) is 8.00. The van der Waals surface area contributed by atoms with E-state index < -0.39 is 24.2 Å². The molecule has 1 aliphatic rings. The minimum Gasteiger partial charge on any atom is -0.335 e. The third-order valence-electron chi connectivity index (χ3n) is 7.45. The molecule has 1 saturated heterocycles. The van der Waals surface area contributed by atoms with Crippen molar-refractivity contribution in [2.24, 2.45) is 0 Å². The highest BCUT2D eigenvalue weighted by Gasteiger charge is 2.46. The van der Waals surface area contributed by atoms with Gasteiger partial charge in [0.1, 0.15) is 0 Å². The average molecular weight is 600 g/mol. The van der Waals surface area contributed by atoms with Gasteiger partial charge in [-0.3, -0.25) is 14.6 Å². The fourth-order valence-electron chi connectivity index (χ4n) is 5.48. The summed E-state index contributed by atoms with van der Waals surface area (Å²) >= 11 is 12.4. The molecule has 0 aliphatic carbocycles. The van der Waals surface area contributed by atoms with Crippen molar-refractivity contribution in [2.45, 2.75) is 44.1 Å². The van der Waals surface area contributed by atoms with Gasteiger partial charge >= 0.3 is 12.1 Å². The second-order valence-electron chi connectivity index (χ2n) is 10.1. The SMILES string of the molecule is O=C(c1ccc(Cl)cc1Cl)N1CC[C@H](N(Cc2ccnc3ccccc23)C(=O)C(F)(F)F)C[C@H]1Cc1ccccc1. The fourth-order valence-corrected chi connectivity index (χ4v) is 5.97. The molecule has 5 rings (SSSR count). The molecule has 0 bridgehead atoms. The van der Waals surface area contributed by atoms with E-state index in [2.05, 4.69) is 4.98 Å². The molecule has 0 saturated carbocycles. The molecule has 1 fully saturated rings. The first-order chi connectivity index (χ1) is 19.6. The van der Waals surface area contributed by atoms with Crippen molar-refractivity contribution >= 4 is 45.9 Å². The van der Waals surface area contributed by atoms with Crippen molar-refractivity contribution in [3.8, 4) is 0 Å². The highest BCUT2D eigenvalue weighted by atomic mass is 35.5. The molecule has 1 aromatic heterocycles. The van der Waals surface area contributed by atoms with Crippen LogP contribution in [0.2, 0.25) is 10.0 Å². The Labute approximate surface area is 245 Å². The number of benzene rings is 3. The van der Waals surface area contributed by atoms with Gasteiger partial charge in [-0.05, 0) is 60.7 Å². The van der Waals surface area contributed by atoms with E-state index in [0.717, 1.165) is 10.5 Å². The van der Waals surface area contributed by atoms with Gasteiger partial charge in [-0.2, -0.15) is 13.2 Å². The molecule has 0 radical (unpaired) electrons. The molecule has 0 spiro atoms.